The molecule has 0 aromatic heterocycles. The SMILES string of the molecule is CO[C@@H]1O[C@@H]2CO[C@@H](O)[C@H]2[C@H]1OCc1ccccc1. The average molecular weight is 266 g/mol. The monoisotopic (exact) mass is 266 g/mol. The molecule has 0 radical (unpaired) electrons. The Morgan fingerprint density at radius 3 is 2.84 bits per heavy atom. The summed E-state index contributed by atoms with van der Waals surface area (Å²) in [7, 11) is 1.58. The zero-order valence-electron chi connectivity index (χ0n) is 10.8. The second kappa shape index (κ2) is 5.56. The van der Waals surface area contributed by atoms with Crippen LogP contribution in [0.2, 0.25) is 0 Å². The number of ether oxygens (including phenoxy) is 4. The van der Waals surface area contributed by atoms with Gasteiger partial charge in [0.15, 0.2) is 12.6 Å². The fourth-order valence-electron chi connectivity index (χ4n) is 2.68. The molecule has 2 aliphatic rings. The van der Waals surface area contributed by atoms with Gasteiger partial charge in [-0.1, -0.05) is 30.3 Å². The molecule has 5 atom stereocenters. The van der Waals surface area contributed by atoms with Gasteiger partial charge >= 0.3 is 0 Å². The van der Waals surface area contributed by atoms with E-state index in [-0.39, 0.29) is 18.1 Å². The normalized spacial score (nSPS) is 37.5. The van der Waals surface area contributed by atoms with Gasteiger partial charge in [0, 0.05) is 7.11 Å². The summed E-state index contributed by atoms with van der Waals surface area (Å²) < 4.78 is 22.0. The van der Waals surface area contributed by atoms with E-state index >= 15 is 0 Å². The maximum absolute atomic E-state index is 9.84. The van der Waals surface area contributed by atoms with E-state index < -0.39 is 12.6 Å². The van der Waals surface area contributed by atoms with Crippen molar-refractivity contribution in [3.05, 3.63) is 35.9 Å². The molecule has 0 unspecified atom stereocenters. The van der Waals surface area contributed by atoms with Gasteiger partial charge in [-0.2, -0.15) is 0 Å². The number of fused-ring (bicyclic) bond motifs is 1. The summed E-state index contributed by atoms with van der Waals surface area (Å²) in [4.78, 5) is 0. The van der Waals surface area contributed by atoms with Crippen LogP contribution in [0.15, 0.2) is 30.3 Å². The van der Waals surface area contributed by atoms with Gasteiger partial charge in [-0.25, -0.2) is 0 Å². The number of aliphatic hydroxyl groups excluding tert-OH is 1. The Morgan fingerprint density at radius 1 is 1.32 bits per heavy atom. The Balaban J connectivity index is 1.67. The fraction of sp³-hybridized carbons (Fsp3) is 0.571. The van der Waals surface area contributed by atoms with Gasteiger partial charge < -0.3 is 24.1 Å². The molecule has 104 valence electrons. The summed E-state index contributed by atoms with van der Waals surface area (Å²) in [5, 5.41) is 9.84. The van der Waals surface area contributed by atoms with Crippen LogP contribution in [-0.4, -0.2) is 43.6 Å². The van der Waals surface area contributed by atoms with E-state index in [2.05, 4.69) is 0 Å². The minimum Gasteiger partial charge on any atom is -0.368 e. The van der Waals surface area contributed by atoms with Gasteiger partial charge in [0.25, 0.3) is 0 Å². The maximum Gasteiger partial charge on any atom is 0.184 e. The molecule has 2 heterocycles. The summed E-state index contributed by atoms with van der Waals surface area (Å²) in [6.07, 6.45) is -1.75. The average Bonchev–Trinajstić information content (AvgIpc) is 2.98. The second-order valence-corrected chi connectivity index (χ2v) is 4.84. The molecule has 0 spiro atoms. The Hall–Kier alpha value is -0.980. The Kier molecular flexibility index (Phi) is 3.81. The van der Waals surface area contributed by atoms with Gasteiger partial charge in [0.05, 0.1) is 25.2 Å². The number of rotatable bonds is 4. The highest BCUT2D eigenvalue weighted by atomic mass is 16.7. The topological polar surface area (TPSA) is 57.2 Å². The van der Waals surface area contributed by atoms with Crippen molar-refractivity contribution in [1.29, 1.82) is 0 Å². The van der Waals surface area contributed by atoms with Crippen LogP contribution in [0.4, 0.5) is 0 Å². The largest absolute Gasteiger partial charge is 0.368 e. The summed E-state index contributed by atoms with van der Waals surface area (Å²) in [5.41, 5.74) is 1.08. The first kappa shape index (κ1) is 13.0. The number of hydrogen-bond donors (Lipinski definition) is 1. The van der Waals surface area contributed by atoms with Crippen LogP contribution < -0.4 is 0 Å². The summed E-state index contributed by atoms with van der Waals surface area (Å²) in [6.45, 7) is 0.849. The van der Waals surface area contributed by atoms with Gasteiger partial charge in [0.2, 0.25) is 0 Å². The lowest BCUT2D eigenvalue weighted by Gasteiger charge is -2.23. The zero-order valence-corrected chi connectivity index (χ0v) is 10.8. The first-order valence-corrected chi connectivity index (χ1v) is 6.43. The van der Waals surface area contributed by atoms with Crippen molar-refractivity contribution >= 4 is 0 Å². The smallest absolute Gasteiger partial charge is 0.184 e. The highest BCUT2D eigenvalue weighted by Crippen LogP contribution is 2.37. The third-order valence-electron chi connectivity index (χ3n) is 3.66. The van der Waals surface area contributed by atoms with Crippen molar-refractivity contribution < 1.29 is 24.1 Å². The standard InChI is InChI=1S/C14H18O5/c1-16-14-12(11-10(19-14)8-18-13(11)15)17-7-9-5-3-2-4-6-9/h2-6,10-15H,7-8H2,1H3/t10-,11-,12-,13-,14-/m1/s1. The molecule has 3 rings (SSSR count). The number of benzene rings is 1. The molecule has 1 aromatic rings. The van der Waals surface area contributed by atoms with E-state index in [1.165, 1.54) is 0 Å². The van der Waals surface area contributed by atoms with Crippen LogP contribution in [0.3, 0.4) is 0 Å². The van der Waals surface area contributed by atoms with E-state index in [1.807, 2.05) is 30.3 Å². The molecule has 19 heavy (non-hydrogen) atoms. The molecule has 1 N–H and O–H groups in total. The molecule has 2 fully saturated rings. The summed E-state index contributed by atoms with van der Waals surface area (Å²) in [5.74, 6) is -0.186. The quantitative estimate of drug-likeness (QED) is 0.877. The highest BCUT2D eigenvalue weighted by Gasteiger charge is 2.53. The number of methoxy groups -OCH3 is 1. The molecule has 5 nitrogen and oxygen atoms in total. The van der Waals surface area contributed by atoms with Crippen LogP contribution in [0.1, 0.15) is 5.56 Å². The Labute approximate surface area is 112 Å². The van der Waals surface area contributed by atoms with Crippen LogP contribution in [0.25, 0.3) is 0 Å². The number of aliphatic hydroxyl groups is 1. The van der Waals surface area contributed by atoms with Crippen molar-refractivity contribution in [2.24, 2.45) is 5.92 Å². The Bertz CT molecular complexity index is 410. The first-order valence-electron chi connectivity index (χ1n) is 6.43. The van der Waals surface area contributed by atoms with Gasteiger partial charge in [-0.05, 0) is 5.56 Å². The molecular formula is C14H18O5. The molecule has 2 saturated heterocycles. The van der Waals surface area contributed by atoms with E-state index in [0.29, 0.717) is 13.2 Å². The van der Waals surface area contributed by atoms with Crippen LogP contribution in [0.5, 0.6) is 0 Å². The van der Waals surface area contributed by atoms with Crippen molar-refractivity contribution in [1.82, 2.24) is 0 Å². The molecule has 5 heteroatoms. The molecule has 1 aromatic carbocycles. The third kappa shape index (κ3) is 2.52. The van der Waals surface area contributed by atoms with E-state index in [0.717, 1.165) is 5.56 Å². The third-order valence-corrected chi connectivity index (χ3v) is 3.66. The lowest BCUT2D eigenvalue weighted by atomic mass is 10.0. The fourth-order valence-corrected chi connectivity index (χ4v) is 2.68. The minimum atomic E-state index is -0.842. The van der Waals surface area contributed by atoms with Gasteiger partial charge in [-0.15, -0.1) is 0 Å². The van der Waals surface area contributed by atoms with Crippen molar-refractivity contribution in [2.45, 2.75) is 31.4 Å². The van der Waals surface area contributed by atoms with Crippen molar-refractivity contribution in [3.63, 3.8) is 0 Å². The Morgan fingerprint density at radius 2 is 2.11 bits per heavy atom. The van der Waals surface area contributed by atoms with E-state index in [9.17, 15) is 5.11 Å². The predicted molar refractivity (Wildman–Crippen MR) is 66.1 cm³/mol. The highest BCUT2D eigenvalue weighted by molar-refractivity contribution is 5.13. The molecule has 2 aliphatic heterocycles. The maximum atomic E-state index is 9.84. The van der Waals surface area contributed by atoms with E-state index in [1.54, 1.807) is 7.11 Å². The van der Waals surface area contributed by atoms with Crippen LogP contribution in [0, 0.1) is 5.92 Å². The molecule has 0 bridgehead atoms. The minimum absolute atomic E-state index is 0.152. The predicted octanol–water partition coefficient (Wildman–Crippen LogP) is 0.908. The van der Waals surface area contributed by atoms with Crippen molar-refractivity contribution in [2.75, 3.05) is 13.7 Å². The molecule has 0 aliphatic carbocycles. The number of hydrogen-bond acceptors (Lipinski definition) is 5. The molecular weight excluding hydrogens is 248 g/mol. The van der Waals surface area contributed by atoms with Crippen molar-refractivity contribution in [3.8, 4) is 0 Å². The second-order valence-electron chi connectivity index (χ2n) is 4.84. The van der Waals surface area contributed by atoms with E-state index in [4.69, 9.17) is 18.9 Å². The summed E-state index contributed by atoms with van der Waals surface area (Å²) >= 11 is 0. The van der Waals surface area contributed by atoms with Gasteiger partial charge in [-0.3, -0.25) is 0 Å². The lowest BCUT2D eigenvalue weighted by Crippen LogP contribution is -2.36. The molecule has 0 saturated carbocycles. The summed E-state index contributed by atoms with van der Waals surface area (Å²) in [6, 6.07) is 9.89. The lowest BCUT2D eigenvalue weighted by molar-refractivity contribution is -0.192. The molecule has 0 amide bonds. The zero-order chi connectivity index (χ0) is 13.2. The van der Waals surface area contributed by atoms with Crippen LogP contribution >= 0.6 is 0 Å². The first-order chi connectivity index (χ1) is 9.29. The van der Waals surface area contributed by atoms with Crippen LogP contribution in [-0.2, 0) is 25.6 Å². The van der Waals surface area contributed by atoms with Gasteiger partial charge in [0.1, 0.15) is 6.10 Å².